The Labute approximate surface area is 185 Å². The molecule has 2 amide bonds. The molecule has 1 aliphatic rings. The van der Waals surface area contributed by atoms with Gasteiger partial charge in [-0.15, -0.1) is 12.4 Å². The third kappa shape index (κ3) is 5.64. The van der Waals surface area contributed by atoms with Gasteiger partial charge in [0.15, 0.2) is 0 Å². The van der Waals surface area contributed by atoms with Crippen LogP contribution in [0.2, 0.25) is 0 Å². The summed E-state index contributed by atoms with van der Waals surface area (Å²) in [7, 11) is 0. The maximum Gasteiger partial charge on any atom is 0.255 e. The number of likely N-dealkylation sites (tertiary alicyclic amines) is 1. The predicted octanol–water partition coefficient (Wildman–Crippen LogP) is 3.03. The van der Waals surface area contributed by atoms with Gasteiger partial charge in [-0.1, -0.05) is 30.3 Å². The smallest absolute Gasteiger partial charge is 0.255 e. The Morgan fingerprint density at radius 1 is 1.17 bits per heavy atom. The number of aromatic nitrogens is 1. The molecule has 1 aromatic carbocycles. The van der Waals surface area contributed by atoms with Gasteiger partial charge in [0, 0.05) is 50.0 Å². The van der Waals surface area contributed by atoms with Crippen molar-refractivity contribution in [1.82, 2.24) is 14.8 Å². The van der Waals surface area contributed by atoms with Crippen molar-refractivity contribution in [2.75, 3.05) is 19.6 Å². The van der Waals surface area contributed by atoms with Gasteiger partial charge in [-0.25, -0.2) is 0 Å². The molecule has 0 radical (unpaired) electrons. The fourth-order valence-corrected chi connectivity index (χ4v) is 4.11. The molecule has 1 aromatic heterocycles. The van der Waals surface area contributed by atoms with Crippen molar-refractivity contribution in [3.05, 3.63) is 58.9 Å². The monoisotopic (exact) mass is 432 g/mol. The number of hydrogen-bond donors (Lipinski definition) is 2. The van der Waals surface area contributed by atoms with Crippen LogP contribution in [0, 0.1) is 13.8 Å². The van der Waals surface area contributed by atoms with E-state index in [1.165, 1.54) is 5.56 Å². The molecule has 1 unspecified atom stereocenters. The van der Waals surface area contributed by atoms with E-state index in [2.05, 4.69) is 22.0 Å². The number of amides is 2. The standard InChI is InChI=1S/C23H32N4O2.ClH/c1-17-14-21(18(2)27(17)16-19-8-4-3-5-9-19)23(29)26-13-7-6-10-20(26)15-25-22(28)11-12-24;/h3-5,8-9,14,20H,6-7,10-13,15-16,24H2,1-2H3,(H,25,28);1H. The lowest BCUT2D eigenvalue weighted by molar-refractivity contribution is -0.121. The number of halogens is 1. The molecule has 164 valence electrons. The quantitative estimate of drug-likeness (QED) is 0.705. The SMILES string of the molecule is Cc1cc(C(=O)N2CCCCC2CNC(=O)CCN)c(C)n1Cc1ccccc1.Cl. The number of carbonyl (C=O) groups is 2. The number of nitrogens with two attached hydrogens (primary N) is 1. The van der Waals surface area contributed by atoms with Gasteiger partial charge in [-0.3, -0.25) is 9.59 Å². The number of hydrogen-bond acceptors (Lipinski definition) is 3. The van der Waals surface area contributed by atoms with Crippen LogP contribution < -0.4 is 11.1 Å². The molecule has 1 aliphatic heterocycles. The molecule has 0 saturated carbocycles. The van der Waals surface area contributed by atoms with Crippen molar-refractivity contribution in [3.63, 3.8) is 0 Å². The lowest BCUT2D eigenvalue weighted by Crippen LogP contribution is -2.49. The van der Waals surface area contributed by atoms with Crippen molar-refractivity contribution < 1.29 is 9.59 Å². The first-order valence-corrected chi connectivity index (χ1v) is 10.5. The highest BCUT2D eigenvalue weighted by Gasteiger charge is 2.29. The van der Waals surface area contributed by atoms with Crippen LogP contribution in [-0.4, -0.2) is 47.0 Å². The van der Waals surface area contributed by atoms with Gasteiger partial charge in [-0.05, 0) is 44.7 Å². The number of rotatable bonds is 7. The predicted molar refractivity (Wildman–Crippen MR) is 122 cm³/mol. The summed E-state index contributed by atoms with van der Waals surface area (Å²) in [5.41, 5.74) is 9.50. The minimum Gasteiger partial charge on any atom is -0.354 e. The third-order valence-electron chi connectivity index (χ3n) is 5.78. The number of piperidine rings is 1. The molecule has 7 heteroatoms. The van der Waals surface area contributed by atoms with Gasteiger partial charge < -0.3 is 20.5 Å². The average molecular weight is 433 g/mol. The van der Waals surface area contributed by atoms with Gasteiger partial charge in [-0.2, -0.15) is 0 Å². The van der Waals surface area contributed by atoms with Crippen molar-refractivity contribution in [2.24, 2.45) is 5.73 Å². The van der Waals surface area contributed by atoms with Crippen molar-refractivity contribution in [1.29, 1.82) is 0 Å². The lowest BCUT2D eigenvalue weighted by Gasteiger charge is -2.36. The van der Waals surface area contributed by atoms with Crippen LogP contribution in [-0.2, 0) is 11.3 Å². The molecule has 2 heterocycles. The van der Waals surface area contributed by atoms with E-state index in [1.807, 2.05) is 43.0 Å². The van der Waals surface area contributed by atoms with Crippen LogP contribution in [0.1, 0.15) is 53.0 Å². The summed E-state index contributed by atoms with van der Waals surface area (Å²) in [6.45, 7) is 6.39. The number of carbonyl (C=O) groups excluding carboxylic acids is 2. The Balaban J connectivity index is 0.00000320. The first kappa shape index (κ1) is 24.0. The summed E-state index contributed by atoms with van der Waals surface area (Å²) in [6, 6.07) is 12.3. The highest BCUT2D eigenvalue weighted by molar-refractivity contribution is 5.96. The summed E-state index contributed by atoms with van der Waals surface area (Å²) >= 11 is 0. The molecule has 1 atom stereocenters. The average Bonchev–Trinajstić information content (AvgIpc) is 3.01. The second-order valence-electron chi connectivity index (χ2n) is 7.85. The summed E-state index contributed by atoms with van der Waals surface area (Å²) in [6.07, 6.45) is 3.31. The normalized spacial score (nSPS) is 16.1. The molecule has 3 rings (SSSR count). The van der Waals surface area contributed by atoms with Gasteiger partial charge in [0.25, 0.3) is 5.91 Å². The number of aryl methyl sites for hydroxylation is 1. The van der Waals surface area contributed by atoms with E-state index in [4.69, 9.17) is 5.73 Å². The second kappa shape index (κ2) is 11.2. The van der Waals surface area contributed by atoms with Crippen LogP contribution in [0.25, 0.3) is 0 Å². The molecule has 1 saturated heterocycles. The van der Waals surface area contributed by atoms with Crippen molar-refractivity contribution in [2.45, 2.75) is 52.1 Å². The summed E-state index contributed by atoms with van der Waals surface area (Å²) in [4.78, 5) is 27.2. The van der Waals surface area contributed by atoms with E-state index in [1.54, 1.807) is 0 Å². The van der Waals surface area contributed by atoms with Gasteiger partial charge in [0.05, 0.1) is 5.56 Å². The Kier molecular flexibility index (Phi) is 8.93. The van der Waals surface area contributed by atoms with Gasteiger partial charge in [0.2, 0.25) is 5.91 Å². The first-order chi connectivity index (χ1) is 14.0. The molecule has 6 nitrogen and oxygen atoms in total. The van der Waals surface area contributed by atoms with E-state index in [-0.39, 0.29) is 30.3 Å². The number of benzene rings is 1. The Bertz CT molecular complexity index is 850. The highest BCUT2D eigenvalue weighted by Crippen LogP contribution is 2.23. The highest BCUT2D eigenvalue weighted by atomic mass is 35.5. The topological polar surface area (TPSA) is 80.4 Å². The van der Waals surface area contributed by atoms with E-state index in [0.717, 1.165) is 49.3 Å². The lowest BCUT2D eigenvalue weighted by atomic mass is 10.0. The molecule has 0 bridgehead atoms. The molecule has 1 fully saturated rings. The first-order valence-electron chi connectivity index (χ1n) is 10.5. The Hall–Kier alpha value is -2.31. The van der Waals surface area contributed by atoms with Crippen LogP contribution in [0.5, 0.6) is 0 Å². The number of nitrogens with zero attached hydrogens (tertiary/aromatic N) is 2. The van der Waals surface area contributed by atoms with Crippen LogP contribution in [0.3, 0.4) is 0 Å². The minimum atomic E-state index is -0.0495. The zero-order chi connectivity index (χ0) is 20.8. The molecule has 0 aliphatic carbocycles. The van der Waals surface area contributed by atoms with E-state index in [9.17, 15) is 9.59 Å². The van der Waals surface area contributed by atoms with E-state index < -0.39 is 0 Å². The maximum absolute atomic E-state index is 13.4. The Morgan fingerprint density at radius 3 is 2.60 bits per heavy atom. The van der Waals surface area contributed by atoms with E-state index in [0.29, 0.717) is 19.5 Å². The molecule has 2 aromatic rings. The van der Waals surface area contributed by atoms with Crippen molar-refractivity contribution >= 4 is 24.2 Å². The third-order valence-corrected chi connectivity index (χ3v) is 5.78. The van der Waals surface area contributed by atoms with E-state index >= 15 is 0 Å². The fraction of sp³-hybridized carbons (Fsp3) is 0.478. The molecule has 3 N–H and O–H groups in total. The molecule has 30 heavy (non-hydrogen) atoms. The zero-order valence-electron chi connectivity index (χ0n) is 17.9. The van der Waals surface area contributed by atoms with Gasteiger partial charge >= 0.3 is 0 Å². The van der Waals surface area contributed by atoms with Crippen molar-refractivity contribution in [3.8, 4) is 0 Å². The van der Waals surface area contributed by atoms with Crippen LogP contribution in [0.15, 0.2) is 36.4 Å². The zero-order valence-corrected chi connectivity index (χ0v) is 18.7. The summed E-state index contributed by atoms with van der Waals surface area (Å²) in [5.74, 6) is 0.0155. The van der Waals surface area contributed by atoms with Crippen LogP contribution in [0.4, 0.5) is 0 Å². The summed E-state index contributed by atoms with van der Waals surface area (Å²) in [5, 5.41) is 2.94. The fourth-order valence-electron chi connectivity index (χ4n) is 4.11. The molecule has 0 spiro atoms. The van der Waals surface area contributed by atoms with Crippen LogP contribution >= 0.6 is 12.4 Å². The Morgan fingerprint density at radius 2 is 1.90 bits per heavy atom. The number of nitrogens with one attached hydrogen (secondary N) is 1. The second-order valence-corrected chi connectivity index (χ2v) is 7.85. The minimum absolute atomic E-state index is 0. The molecular weight excluding hydrogens is 400 g/mol. The van der Waals surface area contributed by atoms with Gasteiger partial charge in [0.1, 0.15) is 0 Å². The summed E-state index contributed by atoms with van der Waals surface area (Å²) < 4.78 is 2.20. The maximum atomic E-state index is 13.4. The molecular formula is C23H33ClN4O2. The largest absolute Gasteiger partial charge is 0.354 e.